The minimum Gasteiger partial charge on any atom is -0.376 e. The van der Waals surface area contributed by atoms with Crippen molar-refractivity contribution < 1.29 is 35.0 Å². The average molecular weight is 412 g/mol. The van der Waals surface area contributed by atoms with Crippen LogP contribution in [-0.2, 0) is 20.6 Å². The fourth-order valence-electron chi connectivity index (χ4n) is 2.63. The van der Waals surface area contributed by atoms with Crippen LogP contribution in [0.2, 0.25) is 0 Å². The van der Waals surface area contributed by atoms with Crippen LogP contribution in [0.15, 0.2) is 24.3 Å². The Kier molecular flexibility index (Phi) is 6.35. The Hall–Kier alpha value is -1.88. The number of hydrogen-bond donors (Lipinski definition) is 1. The summed E-state index contributed by atoms with van der Waals surface area (Å²) >= 11 is 0. The predicted octanol–water partition coefficient (Wildman–Crippen LogP) is 2.31. The topological polar surface area (TPSA) is 75.7 Å². The molecule has 0 saturated carbocycles. The molecule has 0 aliphatic carbocycles. The number of benzene rings is 1. The highest BCUT2D eigenvalue weighted by Crippen LogP contribution is 2.30. The van der Waals surface area contributed by atoms with Gasteiger partial charge in [-0.3, -0.25) is 4.79 Å². The highest BCUT2D eigenvalue weighted by molar-refractivity contribution is 7.88. The van der Waals surface area contributed by atoms with E-state index >= 15 is 0 Å². The van der Waals surface area contributed by atoms with E-state index in [-0.39, 0.29) is 12.1 Å². The molecule has 0 aromatic heterocycles. The maximum atomic E-state index is 14.8. The molecule has 1 aromatic carbocycles. The smallest absolute Gasteiger partial charge is 0.376 e. The lowest BCUT2D eigenvalue weighted by Gasteiger charge is -2.22. The number of hydrogen-bond acceptors (Lipinski definition) is 5. The Morgan fingerprint density at radius 1 is 1.15 bits per heavy atom. The van der Waals surface area contributed by atoms with Crippen molar-refractivity contribution in [3.63, 3.8) is 0 Å². The van der Waals surface area contributed by atoms with Crippen LogP contribution in [-0.4, -0.2) is 50.9 Å². The zero-order valence-electron chi connectivity index (χ0n) is 14.6. The van der Waals surface area contributed by atoms with Gasteiger partial charge in [0.15, 0.2) is 0 Å². The third kappa shape index (κ3) is 5.32. The van der Waals surface area contributed by atoms with Crippen molar-refractivity contribution in [2.24, 2.45) is 0 Å². The summed E-state index contributed by atoms with van der Waals surface area (Å²) in [5.74, 6) is -1.53. The molecule has 1 aliphatic rings. The maximum absolute atomic E-state index is 14.8. The van der Waals surface area contributed by atoms with Gasteiger partial charge in [0, 0.05) is 13.1 Å². The number of rotatable bonds is 7. The third-order valence-electron chi connectivity index (χ3n) is 4.22. The van der Waals surface area contributed by atoms with Gasteiger partial charge in [0.05, 0.1) is 0 Å². The van der Waals surface area contributed by atoms with E-state index < -0.39 is 33.0 Å². The van der Waals surface area contributed by atoms with E-state index in [0.29, 0.717) is 6.54 Å². The summed E-state index contributed by atoms with van der Waals surface area (Å²) in [5.41, 5.74) is -8.15. The molecule has 27 heavy (non-hydrogen) atoms. The number of halogens is 4. The Bertz CT molecular complexity index is 758. The van der Waals surface area contributed by atoms with E-state index in [4.69, 9.17) is 0 Å². The maximum Gasteiger partial charge on any atom is 0.534 e. The van der Waals surface area contributed by atoms with Crippen molar-refractivity contribution in [3.8, 4) is 5.75 Å². The number of carbonyl (C=O) groups is 1. The fourth-order valence-corrected chi connectivity index (χ4v) is 3.09. The average Bonchev–Trinajstić information content (AvgIpc) is 3.07. The normalized spacial score (nSPS) is 18.1. The molecule has 1 N–H and O–H groups in total. The van der Waals surface area contributed by atoms with Crippen molar-refractivity contribution in [1.82, 2.24) is 10.2 Å². The molecule has 1 amide bonds. The van der Waals surface area contributed by atoms with Crippen LogP contribution in [0, 0.1) is 0 Å². The van der Waals surface area contributed by atoms with Gasteiger partial charge in [-0.05, 0) is 50.6 Å². The molecule has 0 bridgehead atoms. The van der Waals surface area contributed by atoms with E-state index in [2.05, 4.69) is 14.4 Å². The van der Waals surface area contributed by atoms with Crippen LogP contribution in [0.3, 0.4) is 0 Å². The van der Waals surface area contributed by atoms with Crippen LogP contribution < -0.4 is 9.50 Å². The Labute approximate surface area is 154 Å². The van der Waals surface area contributed by atoms with Gasteiger partial charge in [-0.15, -0.1) is 0 Å². The van der Waals surface area contributed by atoms with Gasteiger partial charge in [0.1, 0.15) is 5.75 Å². The molecule has 0 spiro atoms. The largest absolute Gasteiger partial charge is 0.534 e. The first kappa shape index (κ1) is 21.4. The zero-order valence-corrected chi connectivity index (χ0v) is 15.4. The minimum atomic E-state index is -5.81. The second kappa shape index (κ2) is 8.01. The van der Waals surface area contributed by atoms with Gasteiger partial charge in [0.25, 0.3) is 5.91 Å². The van der Waals surface area contributed by atoms with Gasteiger partial charge in [-0.2, -0.15) is 21.6 Å². The molecule has 1 heterocycles. The van der Waals surface area contributed by atoms with Crippen molar-refractivity contribution in [2.45, 2.75) is 30.9 Å². The molecule has 2 rings (SSSR count). The highest BCUT2D eigenvalue weighted by atomic mass is 32.2. The van der Waals surface area contributed by atoms with Gasteiger partial charge in [0.2, 0.25) is 5.67 Å². The van der Waals surface area contributed by atoms with Gasteiger partial charge in [-0.1, -0.05) is 12.1 Å². The van der Waals surface area contributed by atoms with E-state index in [1.54, 1.807) is 0 Å². The lowest BCUT2D eigenvalue weighted by atomic mass is 9.97. The zero-order chi connectivity index (χ0) is 20.3. The molecule has 1 fully saturated rings. The summed E-state index contributed by atoms with van der Waals surface area (Å²) in [6.07, 6.45) is 2.18. The molecular weight excluding hydrogens is 392 g/mol. The first-order valence-electron chi connectivity index (χ1n) is 8.24. The lowest BCUT2D eigenvalue weighted by molar-refractivity contribution is -0.132. The SMILES string of the molecule is C[C@@](F)(C(=O)NCCN1CCCC1)c1ccc(OS(=O)(=O)C(F)(F)F)cc1. The quantitative estimate of drug-likeness (QED) is 0.423. The first-order valence-corrected chi connectivity index (χ1v) is 9.65. The summed E-state index contributed by atoms with van der Waals surface area (Å²) in [6.45, 7) is 3.75. The van der Waals surface area contributed by atoms with Crippen LogP contribution in [0.4, 0.5) is 17.6 Å². The van der Waals surface area contributed by atoms with Crippen molar-refractivity contribution in [2.75, 3.05) is 26.2 Å². The second-order valence-corrected chi connectivity index (χ2v) is 7.85. The van der Waals surface area contributed by atoms with Crippen LogP contribution in [0.5, 0.6) is 5.75 Å². The van der Waals surface area contributed by atoms with Gasteiger partial charge in [-0.25, -0.2) is 4.39 Å². The minimum absolute atomic E-state index is 0.141. The molecule has 11 heteroatoms. The summed E-state index contributed by atoms with van der Waals surface area (Å²) in [5, 5.41) is 2.49. The van der Waals surface area contributed by atoms with Gasteiger partial charge < -0.3 is 14.4 Å². The molecule has 0 unspecified atom stereocenters. The highest BCUT2D eigenvalue weighted by Gasteiger charge is 2.48. The molecule has 0 radical (unpaired) electrons. The first-order chi connectivity index (χ1) is 12.4. The summed E-state index contributed by atoms with van der Waals surface area (Å²) < 4.78 is 77.5. The van der Waals surface area contributed by atoms with Crippen molar-refractivity contribution >= 4 is 16.0 Å². The molecule has 1 aliphatic heterocycles. The van der Waals surface area contributed by atoms with E-state index in [1.807, 2.05) is 0 Å². The van der Waals surface area contributed by atoms with Crippen molar-refractivity contribution in [1.29, 1.82) is 0 Å². The van der Waals surface area contributed by atoms with Crippen LogP contribution in [0.1, 0.15) is 25.3 Å². The van der Waals surface area contributed by atoms with E-state index in [9.17, 15) is 30.8 Å². The fraction of sp³-hybridized carbons (Fsp3) is 0.562. The van der Waals surface area contributed by atoms with E-state index in [1.165, 1.54) is 0 Å². The Balaban J connectivity index is 1.98. The summed E-state index contributed by atoms with van der Waals surface area (Å²) in [7, 11) is -5.81. The molecule has 152 valence electrons. The standard InChI is InChI=1S/C16H20F4N2O4S/c1-15(17,14(23)21-8-11-22-9-2-3-10-22)12-4-6-13(7-5-12)26-27(24,25)16(18,19)20/h4-7H,2-3,8-11H2,1H3,(H,21,23)/t15-/m0/s1. The monoisotopic (exact) mass is 412 g/mol. The van der Waals surface area contributed by atoms with Gasteiger partial charge >= 0.3 is 15.6 Å². The Morgan fingerprint density at radius 3 is 2.22 bits per heavy atom. The molecular formula is C16H20F4N2O4S. The van der Waals surface area contributed by atoms with Crippen LogP contribution >= 0.6 is 0 Å². The second-order valence-electron chi connectivity index (χ2n) is 6.32. The number of amides is 1. The summed E-state index contributed by atoms with van der Waals surface area (Å²) in [4.78, 5) is 14.2. The number of carbonyl (C=O) groups excluding carboxylic acids is 1. The lowest BCUT2D eigenvalue weighted by Crippen LogP contribution is -2.42. The Morgan fingerprint density at radius 2 is 1.70 bits per heavy atom. The molecule has 1 atom stereocenters. The number of likely N-dealkylation sites (tertiary alicyclic amines) is 1. The molecule has 1 saturated heterocycles. The van der Waals surface area contributed by atoms with E-state index in [0.717, 1.165) is 57.1 Å². The number of nitrogens with one attached hydrogen (secondary N) is 1. The summed E-state index contributed by atoms with van der Waals surface area (Å²) in [6, 6.07) is 3.71. The third-order valence-corrected chi connectivity index (χ3v) is 5.20. The van der Waals surface area contributed by atoms with Crippen molar-refractivity contribution in [3.05, 3.63) is 29.8 Å². The van der Waals surface area contributed by atoms with Crippen LogP contribution in [0.25, 0.3) is 0 Å². The molecule has 1 aromatic rings. The predicted molar refractivity (Wildman–Crippen MR) is 89.2 cm³/mol. The number of nitrogens with zero attached hydrogens (tertiary/aromatic N) is 1. The molecule has 6 nitrogen and oxygen atoms in total. The number of alkyl halides is 4.